The van der Waals surface area contributed by atoms with Crippen LogP contribution in [-0.2, 0) is 24.0 Å². The number of amides is 2. The summed E-state index contributed by atoms with van der Waals surface area (Å²) in [5, 5.41) is 18.5. The first-order chi connectivity index (χ1) is 15.3. The number of benzene rings is 1. The van der Waals surface area contributed by atoms with Crippen molar-refractivity contribution in [3.05, 3.63) is 39.8 Å². The van der Waals surface area contributed by atoms with Crippen molar-refractivity contribution in [1.82, 2.24) is 5.48 Å². The average Bonchev–Trinajstić information content (AvgIpc) is 3.38. The van der Waals surface area contributed by atoms with Crippen molar-refractivity contribution in [2.24, 2.45) is 11.7 Å². The van der Waals surface area contributed by atoms with Gasteiger partial charge in [0.2, 0.25) is 0 Å². The van der Waals surface area contributed by atoms with Gasteiger partial charge in [-0.25, -0.2) is 4.79 Å². The van der Waals surface area contributed by atoms with Gasteiger partial charge in [-0.3, -0.25) is 10.7 Å². The molecular weight excluding hydrogens is 404 g/mol. The van der Waals surface area contributed by atoms with E-state index in [-0.39, 0.29) is 0 Å². The van der Waals surface area contributed by atoms with Crippen LogP contribution in [0.2, 0.25) is 0 Å². The Morgan fingerprint density at radius 2 is 2.12 bits per heavy atom. The van der Waals surface area contributed by atoms with E-state index in [0.717, 1.165) is 49.9 Å². The van der Waals surface area contributed by atoms with Crippen molar-refractivity contribution in [3.63, 3.8) is 0 Å². The third-order valence-corrected chi connectivity index (χ3v) is 6.61. The molecule has 0 spiro atoms. The molecule has 0 heterocycles. The van der Waals surface area contributed by atoms with Crippen molar-refractivity contribution >= 4 is 17.9 Å². The van der Waals surface area contributed by atoms with Crippen LogP contribution < -0.4 is 16.5 Å². The summed E-state index contributed by atoms with van der Waals surface area (Å²) in [5.74, 6) is 1.82. The lowest BCUT2D eigenvalue weighted by atomic mass is 9.95. The summed E-state index contributed by atoms with van der Waals surface area (Å²) in [4.78, 5) is 11.2. The number of hydroxylamine groups is 1. The van der Waals surface area contributed by atoms with Gasteiger partial charge in [0.05, 0.1) is 6.61 Å². The Bertz CT molecular complexity index is 835. The van der Waals surface area contributed by atoms with Crippen molar-refractivity contribution in [3.8, 4) is 0 Å². The lowest BCUT2D eigenvalue weighted by molar-refractivity contribution is 0.171. The molecule has 0 fully saturated rings. The summed E-state index contributed by atoms with van der Waals surface area (Å²) in [6.07, 6.45) is 10.1. The van der Waals surface area contributed by atoms with Crippen molar-refractivity contribution in [2.45, 2.75) is 85.0 Å². The molecule has 1 aromatic rings. The molecule has 32 heavy (non-hydrogen) atoms. The summed E-state index contributed by atoms with van der Waals surface area (Å²) >= 11 is 0. The average molecular weight is 445 g/mol. The number of urea groups is 1. The number of nitrogens with two attached hydrogens (primary N) is 1. The van der Waals surface area contributed by atoms with E-state index < -0.39 is 6.03 Å². The monoisotopic (exact) mass is 444 g/mol. The van der Waals surface area contributed by atoms with Crippen LogP contribution in [0.25, 0.3) is 0 Å². The maximum atomic E-state index is 11.2. The molecule has 1 aromatic carbocycles. The highest BCUT2D eigenvalue weighted by Crippen LogP contribution is 2.43. The highest BCUT2D eigenvalue weighted by molar-refractivity contribution is 5.91. The first-order valence-electron chi connectivity index (χ1n) is 11.8. The normalized spacial score (nSPS) is 17.8. The number of hydrogen-bond acceptors (Lipinski definition) is 5. The van der Waals surface area contributed by atoms with Gasteiger partial charge in [-0.1, -0.05) is 33.3 Å². The molecule has 178 valence electrons. The molecule has 6 N–H and O–H groups in total. The van der Waals surface area contributed by atoms with E-state index in [4.69, 9.17) is 21.1 Å². The van der Waals surface area contributed by atoms with Gasteiger partial charge >= 0.3 is 6.03 Å². The maximum Gasteiger partial charge on any atom is 0.316 e. The topological polar surface area (TPSA) is 120 Å². The van der Waals surface area contributed by atoms with E-state index in [9.17, 15) is 4.79 Å². The number of nitrogens with one attached hydrogen (secondary N) is 3. The fourth-order valence-corrected chi connectivity index (χ4v) is 4.53. The summed E-state index contributed by atoms with van der Waals surface area (Å²) in [7, 11) is 0. The predicted molar refractivity (Wildman–Crippen MR) is 129 cm³/mol. The minimum Gasteiger partial charge on any atom is -0.496 e. The number of carbonyl (C=O) groups is 1. The Morgan fingerprint density at radius 3 is 2.75 bits per heavy atom. The number of primary amides is 1. The van der Waals surface area contributed by atoms with Gasteiger partial charge in [0.1, 0.15) is 11.5 Å². The Kier molecular flexibility index (Phi) is 10.0. The van der Waals surface area contributed by atoms with Gasteiger partial charge in [-0.05, 0) is 86.0 Å². The van der Waals surface area contributed by atoms with Crippen LogP contribution >= 0.6 is 0 Å². The van der Waals surface area contributed by atoms with Gasteiger partial charge in [-0.15, -0.1) is 0 Å². The molecule has 2 amide bonds. The van der Waals surface area contributed by atoms with E-state index in [0.29, 0.717) is 24.0 Å². The van der Waals surface area contributed by atoms with E-state index in [1.165, 1.54) is 41.5 Å². The molecule has 7 nitrogen and oxygen atoms in total. The van der Waals surface area contributed by atoms with E-state index in [1.807, 2.05) is 5.48 Å². The number of rotatable bonds is 9. The zero-order valence-corrected chi connectivity index (χ0v) is 20.0. The molecule has 0 saturated heterocycles. The Labute approximate surface area is 192 Å². The minimum atomic E-state index is -0.438. The van der Waals surface area contributed by atoms with Crippen LogP contribution in [0.1, 0.15) is 88.0 Å². The number of hydrogen-bond donors (Lipinski definition) is 5. The molecule has 0 bridgehead atoms. The highest BCUT2D eigenvalue weighted by atomic mass is 16.5. The summed E-state index contributed by atoms with van der Waals surface area (Å²) in [6.45, 7) is 9.00. The van der Waals surface area contributed by atoms with Crippen LogP contribution in [0.15, 0.2) is 17.5 Å². The van der Waals surface area contributed by atoms with Crippen molar-refractivity contribution in [2.75, 3.05) is 11.9 Å². The van der Waals surface area contributed by atoms with Gasteiger partial charge in [0.15, 0.2) is 0 Å². The summed E-state index contributed by atoms with van der Waals surface area (Å²) < 4.78 is 5.39. The maximum absolute atomic E-state index is 11.2. The molecule has 0 saturated carbocycles. The quantitative estimate of drug-likeness (QED) is 0.151. The van der Waals surface area contributed by atoms with Crippen LogP contribution in [0.3, 0.4) is 0 Å². The molecule has 2 unspecified atom stereocenters. The molecule has 2 aliphatic rings. The Hall–Kier alpha value is -2.54. The predicted octanol–water partition coefficient (Wildman–Crippen LogP) is 5.40. The molecule has 0 aliphatic heterocycles. The van der Waals surface area contributed by atoms with Gasteiger partial charge in [0, 0.05) is 11.9 Å². The Morgan fingerprint density at radius 1 is 1.38 bits per heavy atom. The number of allylic oxidation sites excluding steroid dienone is 2. The standard InChI is InChI=1S/C14H18N2O.C11H22N2O2/c1-8-5-6-10-7-9-3-2-4-11(9)13(12(8)10)16-14(15)17;1-4-9(2)6-5-7-15-10(3)11(8-12)13-14/h7-8H,2-6H2,1H3,(H3,15,16,17);8-9,12-14H,4-7H2,1-3H3/b;11-10-,12-8?. The lowest BCUT2D eigenvalue weighted by Crippen LogP contribution is -2.21. The second-order valence-corrected chi connectivity index (χ2v) is 8.97. The molecule has 3 rings (SSSR count). The largest absolute Gasteiger partial charge is 0.496 e. The number of ether oxygens (including phenoxy) is 1. The van der Waals surface area contributed by atoms with Crippen molar-refractivity contribution in [1.29, 1.82) is 5.41 Å². The second kappa shape index (κ2) is 12.5. The van der Waals surface area contributed by atoms with Crippen LogP contribution in [-0.4, -0.2) is 24.1 Å². The number of carbonyl (C=O) groups excluding carboxylic acids is 1. The third kappa shape index (κ3) is 6.73. The molecule has 2 atom stereocenters. The SMILES string of the molecule is CC1CCc2cc3c(c(NC(N)=O)c21)CCC3.CCC(C)CCCO/C(C)=C(/C=N)NO. The van der Waals surface area contributed by atoms with Gasteiger partial charge in [0.25, 0.3) is 0 Å². The summed E-state index contributed by atoms with van der Waals surface area (Å²) in [6, 6.07) is 1.92. The third-order valence-electron chi connectivity index (χ3n) is 6.61. The van der Waals surface area contributed by atoms with E-state index in [1.54, 1.807) is 6.92 Å². The van der Waals surface area contributed by atoms with Crippen LogP contribution in [0.4, 0.5) is 10.5 Å². The lowest BCUT2D eigenvalue weighted by Gasteiger charge is -2.17. The van der Waals surface area contributed by atoms with Gasteiger partial charge in [-0.2, -0.15) is 0 Å². The molecule has 0 aromatic heterocycles. The second-order valence-electron chi connectivity index (χ2n) is 8.97. The molecule has 2 aliphatic carbocycles. The summed E-state index contributed by atoms with van der Waals surface area (Å²) in [5.41, 5.74) is 14.1. The first kappa shape index (κ1) is 25.7. The van der Waals surface area contributed by atoms with Crippen LogP contribution in [0.5, 0.6) is 0 Å². The number of anilines is 1. The van der Waals surface area contributed by atoms with E-state index in [2.05, 4.69) is 32.2 Å². The van der Waals surface area contributed by atoms with Crippen LogP contribution in [0, 0.1) is 11.3 Å². The van der Waals surface area contributed by atoms with Crippen molar-refractivity contribution < 1.29 is 14.7 Å². The zero-order valence-electron chi connectivity index (χ0n) is 20.0. The molecule has 0 radical (unpaired) electrons. The smallest absolute Gasteiger partial charge is 0.316 e. The first-order valence-corrected chi connectivity index (χ1v) is 11.8. The molecule has 7 heteroatoms. The number of aryl methyl sites for hydroxylation is 2. The highest BCUT2D eigenvalue weighted by Gasteiger charge is 2.28. The molecular formula is C25H40N4O3. The minimum absolute atomic E-state index is 0.304. The van der Waals surface area contributed by atoms with Gasteiger partial charge < -0.3 is 21.2 Å². The van der Waals surface area contributed by atoms with E-state index >= 15 is 0 Å². The zero-order chi connectivity index (χ0) is 23.7. The fourth-order valence-electron chi connectivity index (χ4n) is 4.53. The fraction of sp³-hybridized carbons (Fsp3) is 0.600. The number of fused-ring (bicyclic) bond motifs is 2. The Balaban J connectivity index is 0.000000230.